The zero-order valence-electron chi connectivity index (χ0n) is 11.6. The van der Waals surface area contributed by atoms with Crippen LogP contribution in [0.3, 0.4) is 0 Å². The Labute approximate surface area is 107 Å². The van der Waals surface area contributed by atoms with Gasteiger partial charge < -0.3 is 10.1 Å². The fourth-order valence-electron chi connectivity index (χ4n) is 2.39. The maximum absolute atomic E-state index is 5.97. The highest BCUT2D eigenvalue weighted by molar-refractivity contribution is 4.90. The molecule has 2 unspecified atom stereocenters. The predicted molar refractivity (Wildman–Crippen MR) is 74.3 cm³/mol. The maximum Gasteiger partial charge on any atom is 0.0755 e. The van der Waals surface area contributed by atoms with Crippen LogP contribution >= 0.6 is 0 Å². The van der Waals surface area contributed by atoms with Crippen molar-refractivity contribution in [3.63, 3.8) is 0 Å². The summed E-state index contributed by atoms with van der Waals surface area (Å²) in [4.78, 5) is 0. The lowest BCUT2D eigenvalue weighted by atomic mass is 10.00. The monoisotopic (exact) mass is 239 g/mol. The van der Waals surface area contributed by atoms with Gasteiger partial charge in [0, 0.05) is 12.6 Å². The first kappa shape index (κ1) is 14.7. The van der Waals surface area contributed by atoms with E-state index in [0.29, 0.717) is 12.1 Å². The largest absolute Gasteiger partial charge is 0.377 e. The lowest BCUT2D eigenvalue weighted by Crippen LogP contribution is -2.43. The van der Waals surface area contributed by atoms with Crippen LogP contribution in [0.1, 0.15) is 52.4 Å². The molecule has 0 radical (unpaired) electrons. The van der Waals surface area contributed by atoms with Crippen molar-refractivity contribution < 1.29 is 4.74 Å². The first-order valence-electron chi connectivity index (χ1n) is 7.29. The third-order valence-electron chi connectivity index (χ3n) is 3.42. The van der Waals surface area contributed by atoms with Crippen LogP contribution < -0.4 is 5.32 Å². The Morgan fingerprint density at radius 3 is 2.71 bits per heavy atom. The summed E-state index contributed by atoms with van der Waals surface area (Å²) in [6.07, 6.45) is 9.93. The molecule has 0 aromatic heterocycles. The van der Waals surface area contributed by atoms with Gasteiger partial charge in [-0.25, -0.2) is 0 Å². The lowest BCUT2D eigenvalue weighted by Gasteiger charge is -2.28. The fraction of sp³-hybridized carbons (Fsp3) is 0.867. The summed E-state index contributed by atoms with van der Waals surface area (Å²) in [5.41, 5.74) is 0. The van der Waals surface area contributed by atoms with Crippen LogP contribution in [-0.4, -0.2) is 25.3 Å². The molecule has 0 spiro atoms. The highest BCUT2D eigenvalue weighted by Crippen LogP contribution is 2.36. The van der Waals surface area contributed by atoms with Gasteiger partial charge in [0.15, 0.2) is 0 Å². The van der Waals surface area contributed by atoms with Crippen molar-refractivity contribution in [1.82, 2.24) is 5.32 Å². The molecule has 0 aromatic rings. The van der Waals surface area contributed by atoms with Crippen molar-refractivity contribution in [3.05, 3.63) is 12.7 Å². The van der Waals surface area contributed by atoms with E-state index < -0.39 is 0 Å². The van der Waals surface area contributed by atoms with Crippen LogP contribution in [0.5, 0.6) is 0 Å². The Balaban J connectivity index is 2.41. The molecule has 0 bridgehead atoms. The SMILES string of the molecule is C=CCCCC(NCCC)C(OCC)C1CC1. The van der Waals surface area contributed by atoms with Crippen molar-refractivity contribution in [2.45, 2.75) is 64.5 Å². The van der Waals surface area contributed by atoms with E-state index in [4.69, 9.17) is 4.74 Å². The average molecular weight is 239 g/mol. The molecule has 2 atom stereocenters. The summed E-state index contributed by atoms with van der Waals surface area (Å²) in [7, 11) is 0. The number of unbranched alkanes of at least 4 members (excludes halogenated alkanes) is 1. The maximum atomic E-state index is 5.97. The summed E-state index contributed by atoms with van der Waals surface area (Å²) in [5, 5.41) is 3.68. The van der Waals surface area contributed by atoms with E-state index in [1.165, 1.54) is 32.1 Å². The van der Waals surface area contributed by atoms with Crippen molar-refractivity contribution in [3.8, 4) is 0 Å². The molecule has 1 fully saturated rings. The molecule has 1 rings (SSSR count). The molecule has 2 heteroatoms. The third kappa shape index (κ3) is 5.69. The molecule has 1 aliphatic carbocycles. The van der Waals surface area contributed by atoms with Crippen molar-refractivity contribution in [1.29, 1.82) is 0 Å². The van der Waals surface area contributed by atoms with Crippen molar-refractivity contribution in [2.24, 2.45) is 5.92 Å². The van der Waals surface area contributed by atoms with E-state index in [9.17, 15) is 0 Å². The number of nitrogens with one attached hydrogen (secondary N) is 1. The van der Waals surface area contributed by atoms with Gasteiger partial charge in [-0.1, -0.05) is 13.0 Å². The highest BCUT2D eigenvalue weighted by atomic mass is 16.5. The van der Waals surface area contributed by atoms with Gasteiger partial charge >= 0.3 is 0 Å². The Morgan fingerprint density at radius 1 is 1.41 bits per heavy atom. The van der Waals surface area contributed by atoms with Gasteiger partial charge in [0.05, 0.1) is 6.10 Å². The van der Waals surface area contributed by atoms with Gasteiger partial charge in [-0.15, -0.1) is 6.58 Å². The van der Waals surface area contributed by atoms with Gasteiger partial charge in [-0.05, 0) is 57.9 Å². The topological polar surface area (TPSA) is 21.3 Å². The standard InChI is InChI=1S/C15H29NO/c1-4-7-8-9-14(16-12-5-2)15(17-6-3)13-10-11-13/h4,13-16H,1,5-12H2,2-3H3. The molecule has 0 amide bonds. The van der Waals surface area contributed by atoms with Gasteiger partial charge in [0.2, 0.25) is 0 Å². The summed E-state index contributed by atoms with van der Waals surface area (Å²) < 4.78 is 5.97. The lowest BCUT2D eigenvalue weighted by molar-refractivity contribution is 0.0166. The molecule has 1 saturated carbocycles. The van der Waals surface area contributed by atoms with Crippen LogP contribution in [0.15, 0.2) is 12.7 Å². The second kappa shape index (κ2) is 8.71. The summed E-state index contributed by atoms with van der Waals surface area (Å²) in [6.45, 7) is 10.1. The average Bonchev–Trinajstić information content (AvgIpc) is 3.15. The Hall–Kier alpha value is -0.340. The fourth-order valence-corrected chi connectivity index (χ4v) is 2.39. The molecule has 0 saturated heterocycles. The molecule has 2 nitrogen and oxygen atoms in total. The number of allylic oxidation sites excluding steroid dienone is 1. The van der Waals surface area contributed by atoms with E-state index in [1.807, 2.05) is 6.08 Å². The molecule has 1 aliphatic rings. The molecule has 0 aromatic carbocycles. The van der Waals surface area contributed by atoms with E-state index in [1.54, 1.807) is 0 Å². The number of hydrogen-bond acceptors (Lipinski definition) is 2. The van der Waals surface area contributed by atoms with Crippen molar-refractivity contribution >= 4 is 0 Å². The molecule has 1 N–H and O–H groups in total. The van der Waals surface area contributed by atoms with Crippen LogP contribution in [-0.2, 0) is 4.74 Å². The Bertz CT molecular complexity index is 201. The van der Waals surface area contributed by atoms with E-state index >= 15 is 0 Å². The van der Waals surface area contributed by atoms with Gasteiger partial charge in [-0.3, -0.25) is 0 Å². The van der Waals surface area contributed by atoms with Gasteiger partial charge in [0.25, 0.3) is 0 Å². The van der Waals surface area contributed by atoms with Gasteiger partial charge in [0.1, 0.15) is 0 Å². The second-order valence-corrected chi connectivity index (χ2v) is 5.04. The summed E-state index contributed by atoms with van der Waals surface area (Å²) in [6, 6.07) is 0.544. The van der Waals surface area contributed by atoms with E-state index in [0.717, 1.165) is 25.5 Å². The highest BCUT2D eigenvalue weighted by Gasteiger charge is 2.36. The first-order chi connectivity index (χ1) is 8.33. The molecular weight excluding hydrogens is 210 g/mol. The molecule has 100 valence electrons. The molecule has 0 heterocycles. The molecule has 17 heavy (non-hydrogen) atoms. The summed E-state index contributed by atoms with van der Waals surface area (Å²) >= 11 is 0. The minimum absolute atomic E-state index is 0.441. The zero-order valence-corrected chi connectivity index (χ0v) is 11.6. The molecule has 0 aliphatic heterocycles. The van der Waals surface area contributed by atoms with E-state index in [-0.39, 0.29) is 0 Å². The van der Waals surface area contributed by atoms with Crippen LogP contribution in [0.2, 0.25) is 0 Å². The normalized spacial score (nSPS) is 18.9. The van der Waals surface area contributed by atoms with Crippen LogP contribution in [0, 0.1) is 5.92 Å². The first-order valence-corrected chi connectivity index (χ1v) is 7.29. The zero-order chi connectivity index (χ0) is 12.5. The van der Waals surface area contributed by atoms with Gasteiger partial charge in [-0.2, -0.15) is 0 Å². The third-order valence-corrected chi connectivity index (χ3v) is 3.42. The van der Waals surface area contributed by atoms with E-state index in [2.05, 4.69) is 25.7 Å². The minimum Gasteiger partial charge on any atom is -0.377 e. The second-order valence-electron chi connectivity index (χ2n) is 5.04. The Kier molecular flexibility index (Phi) is 7.54. The Morgan fingerprint density at radius 2 is 2.18 bits per heavy atom. The van der Waals surface area contributed by atoms with Crippen LogP contribution in [0.25, 0.3) is 0 Å². The van der Waals surface area contributed by atoms with Crippen molar-refractivity contribution in [2.75, 3.05) is 13.2 Å². The summed E-state index contributed by atoms with van der Waals surface area (Å²) in [5.74, 6) is 0.813. The van der Waals surface area contributed by atoms with Crippen LogP contribution in [0.4, 0.5) is 0 Å². The number of ether oxygens (including phenoxy) is 1. The predicted octanol–water partition coefficient (Wildman–Crippen LogP) is 3.53. The smallest absolute Gasteiger partial charge is 0.0755 e. The molecular formula is C15H29NO. The number of hydrogen-bond donors (Lipinski definition) is 1. The quantitative estimate of drug-likeness (QED) is 0.440. The minimum atomic E-state index is 0.441. The number of rotatable bonds is 11.